The summed E-state index contributed by atoms with van der Waals surface area (Å²) in [6.45, 7) is -0.380. The maximum atomic E-state index is 12.1. The molecule has 2 aromatic rings. The van der Waals surface area contributed by atoms with Crippen molar-refractivity contribution in [2.75, 3.05) is 24.8 Å². The molecular formula is C17H17NO4S. The van der Waals surface area contributed by atoms with E-state index in [1.807, 2.05) is 18.2 Å². The quantitative estimate of drug-likeness (QED) is 0.788. The summed E-state index contributed by atoms with van der Waals surface area (Å²) in [5.41, 5.74) is 0.923. The maximum Gasteiger partial charge on any atom is 0.339 e. The number of amides is 1. The highest BCUT2D eigenvalue weighted by atomic mass is 32.2. The predicted octanol–water partition coefficient (Wildman–Crippen LogP) is 2.24. The van der Waals surface area contributed by atoms with E-state index in [1.54, 1.807) is 37.4 Å². The lowest BCUT2D eigenvalue weighted by molar-refractivity contribution is -0.121. The normalized spacial score (nSPS) is 11.6. The molecule has 1 atom stereocenters. The molecule has 0 radical (unpaired) electrons. The lowest BCUT2D eigenvalue weighted by Gasteiger charge is -2.17. The lowest BCUT2D eigenvalue weighted by atomic mass is 10.2. The summed E-state index contributed by atoms with van der Waals surface area (Å²) in [5, 5.41) is 0. The van der Waals surface area contributed by atoms with Gasteiger partial charge in [0.25, 0.3) is 5.91 Å². The summed E-state index contributed by atoms with van der Waals surface area (Å²) in [7, 11) is 0.302. The van der Waals surface area contributed by atoms with Gasteiger partial charge >= 0.3 is 5.97 Å². The van der Waals surface area contributed by atoms with Crippen molar-refractivity contribution >= 4 is 28.4 Å². The van der Waals surface area contributed by atoms with Crippen LogP contribution >= 0.6 is 0 Å². The van der Waals surface area contributed by atoms with Crippen LogP contribution in [0, 0.1) is 0 Å². The first-order valence-electron chi connectivity index (χ1n) is 6.92. The smallest absolute Gasteiger partial charge is 0.339 e. The average Bonchev–Trinajstić information content (AvgIpc) is 2.59. The second-order valence-electron chi connectivity index (χ2n) is 4.81. The third-order valence-corrected chi connectivity index (χ3v) is 4.24. The van der Waals surface area contributed by atoms with Gasteiger partial charge in [-0.25, -0.2) is 4.79 Å². The van der Waals surface area contributed by atoms with Crippen molar-refractivity contribution in [3.8, 4) is 0 Å². The first-order chi connectivity index (χ1) is 11.0. The van der Waals surface area contributed by atoms with Crippen molar-refractivity contribution in [3.05, 3.63) is 60.2 Å². The number of ether oxygens (including phenoxy) is 1. The topological polar surface area (TPSA) is 63.7 Å². The molecular weight excluding hydrogens is 314 g/mol. The molecule has 2 rings (SSSR count). The Labute approximate surface area is 137 Å². The molecule has 0 N–H and O–H groups in total. The first-order valence-corrected chi connectivity index (χ1v) is 8.47. The number of benzene rings is 2. The van der Waals surface area contributed by atoms with Gasteiger partial charge in [0.05, 0.1) is 21.3 Å². The van der Waals surface area contributed by atoms with Gasteiger partial charge in [-0.15, -0.1) is 0 Å². The highest BCUT2D eigenvalue weighted by Gasteiger charge is 2.18. The zero-order chi connectivity index (χ0) is 16.8. The van der Waals surface area contributed by atoms with E-state index in [2.05, 4.69) is 0 Å². The Bertz CT molecular complexity index is 730. The Morgan fingerprint density at radius 1 is 1.04 bits per heavy atom. The minimum atomic E-state index is -1.31. The van der Waals surface area contributed by atoms with Gasteiger partial charge in [-0.1, -0.05) is 30.3 Å². The number of carbonyl (C=O) groups is 2. The van der Waals surface area contributed by atoms with Crippen LogP contribution in [0.2, 0.25) is 0 Å². The van der Waals surface area contributed by atoms with E-state index < -0.39 is 16.8 Å². The minimum Gasteiger partial charge on any atom is -0.452 e. The summed E-state index contributed by atoms with van der Waals surface area (Å²) in [6, 6.07) is 15.5. The van der Waals surface area contributed by atoms with Crippen LogP contribution in [0.4, 0.5) is 5.69 Å². The molecule has 6 heteroatoms. The van der Waals surface area contributed by atoms with Gasteiger partial charge in [-0.05, 0) is 24.3 Å². The SMILES string of the molecule is CN(C(=O)COC(=O)c1ccccc1[S@@](C)=O)c1ccccc1. The largest absolute Gasteiger partial charge is 0.452 e. The fraction of sp³-hybridized carbons (Fsp3) is 0.176. The van der Waals surface area contributed by atoms with E-state index >= 15 is 0 Å². The summed E-state index contributed by atoms with van der Waals surface area (Å²) >= 11 is 0. The molecule has 0 aliphatic carbocycles. The van der Waals surface area contributed by atoms with Crippen LogP contribution in [0.15, 0.2) is 59.5 Å². The Kier molecular flexibility index (Phi) is 5.65. The van der Waals surface area contributed by atoms with Gasteiger partial charge in [0, 0.05) is 19.0 Å². The van der Waals surface area contributed by atoms with Gasteiger partial charge in [-0.2, -0.15) is 0 Å². The highest BCUT2D eigenvalue weighted by Crippen LogP contribution is 2.15. The number of hydrogen-bond acceptors (Lipinski definition) is 4. The van der Waals surface area contributed by atoms with Gasteiger partial charge in [0.15, 0.2) is 6.61 Å². The Morgan fingerprint density at radius 2 is 1.65 bits per heavy atom. The number of likely N-dealkylation sites (N-methyl/N-ethyl adjacent to an activating group) is 1. The molecule has 120 valence electrons. The van der Waals surface area contributed by atoms with Gasteiger partial charge in [-0.3, -0.25) is 9.00 Å². The Hall–Kier alpha value is -2.47. The van der Waals surface area contributed by atoms with Crippen molar-refractivity contribution in [3.63, 3.8) is 0 Å². The predicted molar refractivity (Wildman–Crippen MR) is 88.9 cm³/mol. The zero-order valence-electron chi connectivity index (χ0n) is 12.9. The second kappa shape index (κ2) is 7.69. The molecule has 0 saturated heterocycles. The van der Waals surface area contributed by atoms with Gasteiger partial charge < -0.3 is 9.64 Å². The van der Waals surface area contributed by atoms with E-state index in [4.69, 9.17) is 4.74 Å². The van der Waals surface area contributed by atoms with Crippen LogP contribution in [-0.4, -0.2) is 36.0 Å². The fourth-order valence-corrected chi connectivity index (χ4v) is 2.71. The summed E-state index contributed by atoms with van der Waals surface area (Å²) in [4.78, 5) is 26.0. The molecule has 2 aromatic carbocycles. The molecule has 0 bridgehead atoms. The van der Waals surface area contributed by atoms with Crippen molar-refractivity contribution in [1.82, 2.24) is 0 Å². The lowest BCUT2D eigenvalue weighted by Crippen LogP contribution is -2.31. The molecule has 5 nitrogen and oxygen atoms in total. The Morgan fingerprint density at radius 3 is 2.30 bits per heavy atom. The maximum absolute atomic E-state index is 12.1. The monoisotopic (exact) mass is 331 g/mol. The van der Waals surface area contributed by atoms with Crippen LogP contribution in [0.25, 0.3) is 0 Å². The standard InChI is InChI=1S/C17H17NO4S/c1-18(13-8-4-3-5-9-13)16(19)12-22-17(20)14-10-6-7-11-15(14)23(2)21/h3-11H,12H2,1-2H3/t23-/m1/s1. The number of nitrogens with zero attached hydrogens (tertiary/aromatic N) is 1. The number of carbonyl (C=O) groups excluding carboxylic acids is 2. The molecule has 1 amide bonds. The van der Waals surface area contributed by atoms with Gasteiger partial charge in [0.1, 0.15) is 0 Å². The molecule has 0 unspecified atom stereocenters. The number of esters is 1. The van der Waals surface area contributed by atoms with Crippen LogP contribution in [0.3, 0.4) is 0 Å². The third kappa shape index (κ3) is 4.26. The second-order valence-corrected chi connectivity index (χ2v) is 6.16. The number of hydrogen-bond donors (Lipinski definition) is 0. The van der Waals surface area contributed by atoms with Crippen LogP contribution in [0.5, 0.6) is 0 Å². The van der Waals surface area contributed by atoms with Crippen LogP contribution in [-0.2, 0) is 20.3 Å². The summed E-state index contributed by atoms with van der Waals surface area (Å²) in [5.74, 6) is -1.01. The van der Waals surface area contributed by atoms with Crippen LogP contribution < -0.4 is 4.90 Å². The van der Waals surface area contributed by atoms with E-state index in [0.717, 1.165) is 0 Å². The zero-order valence-corrected chi connectivity index (χ0v) is 13.7. The average molecular weight is 331 g/mol. The number of anilines is 1. The van der Waals surface area contributed by atoms with Crippen molar-refractivity contribution in [1.29, 1.82) is 0 Å². The van der Waals surface area contributed by atoms with Crippen LogP contribution in [0.1, 0.15) is 10.4 Å². The summed E-state index contributed by atoms with van der Waals surface area (Å²) in [6.07, 6.45) is 1.49. The van der Waals surface area contributed by atoms with E-state index in [0.29, 0.717) is 10.6 Å². The Balaban J connectivity index is 2.02. The van der Waals surface area contributed by atoms with E-state index in [9.17, 15) is 13.8 Å². The minimum absolute atomic E-state index is 0.212. The van der Waals surface area contributed by atoms with Crippen molar-refractivity contribution in [2.24, 2.45) is 0 Å². The first kappa shape index (κ1) is 16.9. The molecule has 0 heterocycles. The number of para-hydroxylation sites is 1. The molecule has 0 spiro atoms. The van der Waals surface area contributed by atoms with Gasteiger partial charge in [0.2, 0.25) is 0 Å². The fourth-order valence-electron chi connectivity index (χ4n) is 1.98. The van der Waals surface area contributed by atoms with Crippen molar-refractivity contribution < 1.29 is 18.5 Å². The molecule has 0 aliphatic heterocycles. The third-order valence-electron chi connectivity index (χ3n) is 3.26. The van der Waals surface area contributed by atoms with Crippen molar-refractivity contribution in [2.45, 2.75) is 4.90 Å². The van der Waals surface area contributed by atoms with E-state index in [-0.39, 0.29) is 18.1 Å². The molecule has 0 aromatic heterocycles. The summed E-state index contributed by atoms with van der Waals surface area (Å²) < 4.78 is 16.7. The molecule has 0 aliphatic rings. The molecule has 23 heavy (non-hydrogen) atoms. The van der Waals surface area contributed by atoms with E-state index in [1.165, 1.54) is 17.2 Å². The molecule has 0 fully saturated rings. The highest BCUT2D eigenvalue weighted by molar-refractivity contribution is 7.84. The number of rotatable bonds is 5. The molecule has 0 saturated carbocycles.